The van der Waals surface area contributed by atoms with Crippen molar-refractivity contribution in [1.29, 1.82) is 0 Å². The molecule has 0 spiro atoms. The number of sulfonamides is 1. The number of benzene rings is 3. The van der Waals surface area contributed by atoms with Crippen LogP contribution in [0.25, 0.3) is 0 Å². The standard InChI is InChI=1S/C22H22ClNO5S/c1-27-18-7-10-20(11-8-18)30(25,26)24(15-16-5-4-6-17(23)13-16)21-12-9-19(28-2)14-22(21)29-3/h4-14H,15H2,1-3H3. The summed E-state index contributed by atoms with van der Waals surface area (Å²) in [6.45, 7) is 0.0671. The van der Waals surface area contributed by atoms with Gasteiger partial charge < -0.3 is 14.2 Å². The number of halogens is 1. The second-order valence-corrected chi connectivity index (χ2v) is 8.65. The Balaban J connectivity index is 2.13. The number of hydrogen-bond acceptors (Lipinski definition) is 5. The maximum Gasteiger partial charge on any atom is 0.264 e. The first-order chi connectivity index (χ1) is 14.4. The zero-order valence-electron chi connectivity index (χ0n) is 16.8. The molecule has 0 fully saturated rings. The third-order valence-electron chi connectivity index (χ3n) is 4.52. The number of rotatable bonds is 8. The Bertz CT molecular complexity index is 1120. The van der Waals surface area contributed by atoms with Crippen molar-refractivity contribution in [2.75, 3.05) is 25.6 Å². The molecule has 0 bridgehead atoms. The summed E-state index contributed by atoms with van der Waals surface area (Å²) in [5.74, 6) is 1.49. The van der Waals surface area contributed by atoms with Crippen molar-refractivity contribution in [2.24, 2.45) is 0 Å². The summed E-state index contributed by atoms with van der Waals surface area (Å²) in [5, 5.41) is 0.524. The molecule has 0 aromatic heterocycles. The van der Waals surface area contributed by atoms with Gasteiger partial charge in [0.2, 0.25) is 0 Å². The van der Waals surface area contributed by atoms with Crippen LogP contribution in [0.3, 0.4) is 0 Å². The van der Waals surface area contributed by atoms with E-state index in [0.717, 1.165) is 5.56 Å². The van der Waals surface area contributed by atoms with Crippen LogP contribution in [0.1, 0.15) is 5.56 Å². The maximum atomic E-state index is 13.6. The summed E-state index contributed by atoms with van der Waals surface area (Å²) in [6.07, 6.45) is 0. The fourth-order valence-corrected chi connectivity index (χ4v) is 4.64. The monoisotopic (exact) mass is 447 g/mol. The van der Waals surface area contributed by atoms with Crippen molar-refractivity contribution in [1.82, 2.24) is 0 Å². The highest BCUT2D eigenvalue weighted by molar-refractivity contribution is 7.92. The van der Waals surface area contributed by atoms with Gasteiger partial charge >= 0.3 is 0 Å². The van der Waals surface area contributed by atoms with Gasteiger partial charge in [-0.15, -0.1) is 0 Å². The van der Waals surface area contributed by atoms with Crippen LogP contribution in [0.4, 0.5) is 5.69 Å². The molecule has 3 rings (SSSR count). The highest BCUT2D eigenvalue weighted by Gasteiger charge is 2.28. The average molecular weight is 448 g/mol. The largest absolute Gasteiger partial charge is 0.497 e. The molecule has 6 nitrogen and oxygen atoms in total. The number of hydrogen-bond donors (Lipinski definition) is 0. The van der Waals surface area contributed by atoms with Gasteiger partial charge in [-0.2, -0.15) is 0 Å². The van der Waals surface area contributed by atoms with Crippen molar-refractivity contribution in [3.8, 4) is 17.2 Å². The normalized spacial score (nSPS) is 11.1. The zero-order chi connectivity index (χ0) is 21.7. The number of nitrogens with zero attached hydrogens (tertiary/aromatic N) is 1. The SMILES string of the molecule is COc1ccc(S(=O)(=O)N(Cc2cccc(Cl)c2)c2ccc(OC)cc2OC)cc1. The third-order valence-corrected chi connectivity index (χ3v) is 6.53. The van der Waals surface area contributed by atoms with E-state index >= 15 is 0 Å². The van der Waals surface area contributed by atoms with Gasteiger partial charge in [0, 0.05) is 11.1 Å². The minimum Gasteiger partial charge on any atom is -0.497 e. The van der Waals surface area contributed by atoms with Crippen LogP contribution in [0.2, 0.25) is 5.02 Å². The molecule has 0 amide bonds. The van der Waals surface area contributed by atoms with E-state index in [-0.39, 0.29) is 11.4 Å². The first kappa shape index (κ1) is 21.8. The first-order valence-corrected chi connectivity index (χ1v) is 10.8. The Labute approximate surface area is 181 Å². The van der Waals surface area contributed by atoms with Crippen molar-refractivity contribution in [3.63, 3.8) is 0 Å². The van der Waals surface area contributed by atoms with Gasteiger partial charge in [0.25, 0.3) is 10.0 Å². The van der Waals surface area contributed by atoms with Crippen molar-refractivity contribution < 1.29 is 22.6 Å². The lowest BCUT2D eigenvalue weighted by atomic mass is 10.2. The van der Waals surface area contributed by atoms with E-state index in [4.69, 9.17) is 25.8 Å². The summed E-state index contributed by atoms with van der Waals surface area (Å²) in [4.78, 5) is 0.128. The zero-order valence-corrected chi connectivity index (χ0v) is 18.4. The molecule has 0 aliphatic carbocycles. The summed E-state index contributed by atoms with van der Waals surface area (Å²) in [5.41, 5.74) is 1.12. The molecule has 0 radical (unpaired) electrons. The van der Waals surface area contributed by atoms with Gasteiger partial charge in [-0.05, 0) is 54.1 Å². The van der Waals surface area contributed by atoms with Gasteiger partial charge in [-0.1, -0.05) is 23.7 Å². The molecule has 158 valence electrons. The second-order valence-electron chi connectivity index (χ2n) is 6.35. The Morgan fingerprint density at radius 2 is 1.50 bits per heavy atom. The fourth-order valence-electron chi connectivity index (χ4n) is 2.97. The Hall–Kier alpha value is -2.90. The van der Waals surface area contributed by atoms with Crippen LogP contribution in [-0.4, -0.2) is 29.7 Å². The van der Waals surface area contributed by atoms with E-state index in [9.17, 15) is 8.42 Å². The van der Waals surface area contributed by atoms with E-state index in [1.165, 1.54) is 37.8 Å². The molecule has 3 aromatic carbocycles. The number of methoxy groups -OCH3 is 3. The summed E-state index contributed by atoms with van der Waals surface area (Å²) < 4.78 is 44.4. The lowest BCUT2D eigenvalue weighted by Gasteiger charge is -2.26. The smallest absolute Gasteiger partial charge is 0.264 e. The molecular formula is C22H22ClNO5S. The number of ether oxygens (including phenoxy) is 3. The van der Waals surface area contributed by atoms with Gasteiger partial charge in [-0.3, -0.25) is 4.31 Å². The molecule has 3 aromatic rings. The molecule has 0 N–H and O–H groups in total. The van der Waals surface area contributed by atoms with Gasteiger partial charge in [0.15, 0.2) is 0 Å². The minimum atomic E-state index is -3.93. The molecule has 0 saturated heterocycles. The predicted molar refractivity (Wildman–Crippen MR) is 117 cm³/mol. The van der Waals surface area contributed by atoms with Crippen LogP contribution in [0.5, 0.6) is 17.2 Å². The van der Waals surface area contributed by atoms with Crippen LogP contribution in [0, 0.1) is 0 Å². The molecule has 0 saturated carbocycles. The summed E-state index contributed by atoms with van der Waals surface area (Å²) in [7, 11) is 0.613. The Kier molecular flexibility index (Phi) is 6.74. The molecular weight excluding hydrogens is 426 g/mol. The Morgan fingerprint density at radius 3 is 2.10 bits per heavy atom. The molecule has 0 aliphatic heterocycles. The molecule has 8 heteroatoms. The molecule has 0 atom stereocenters. The summed E-state index contributed by atoms with van der Waals surface area (Å²) in [6, 6.07) is 18.3. The van der Waals surface area contributed by atoms with Crippen LogP contribution < -0.4 is 18.5 Å². The summed E-state index contributed by atoms with van der Waals surface area (Å²) >= 11 is 6.11. The first-order valence-electron chi connectivity index (χ1n) is 9.02. The lowest BCUT2D eigenvalue weighted by Crippen LogP contribution is -2.31. The van der Waals surface area contributed by atoms with E-state index in [1.54, 1.807) is 48.5 Å². The molecule has 0 heterocycles. The van der Waals surface area contributed by atoms with Crippen molar-refractivity contribution in [3.05, 3.63) is 77.3 Å². The Morgan fingerprint density at radius 1 is 0.833 bits per heavy atom. The highest BCUT2D eigenvalue weighted by atomic mass is 35.5. The van der Waals surface area contributed by atoms with Crippen LogP contribution in [-0.2, 0) is 16.6 Å². The topological polar surface area (TPSA) is 65.1 Å². The molecule has 0 aliphatic rings. The van der Waals surface area contributed by atoms with E-state index in [2.05, 4.69) is 0 Å². The second kappa shape index (κ2) is 9.28. The van der Waals surface area contributed by atoms with Gasteiger partial charge in [0.05, 0.1) is 38.5 Å². The van der Waals surface area contributed by atoms with E-state index in [1.807, 2.05) is 6.07 Å². The fraction of sp³-hybridized carbons (Fsp3) is 0.182. The van der Waals surface area contributed by atoms with Crippen LogP contribution in [0.15, 0.2) is 71.6 Å². The maximum absolute atomic E-state index is 13.6. The number of anilines is 1. The van der Waals surface area contributed by atoms with Crippen molar-refractivity contribution >= 4 is 27.3 Å². The van der Waals surface area contributed by atoms with Gasteiger partial charge in [0.1, 0.15) is 17.2 Å². The lowest BCUT2D eigenvalue weighted by molar-refractivity contribution is 0.394. The quantitative estimate of drug-likeness (QED) is 0.498. The average Bonchev–Trinajstić information content (AvgIpc) is 2.77. The van der Waals surface area contributed by atoms with Crippen LogP contribution >= 0.6 is 11.6 Å². The molecule has 0 unspecified atom stereocenters. The molecule has 30 heavy (non-hydrogen) atoms. The highest BCUT2D eigenvalue weighted by Crippen LogP contribution is 2.37. The van der Waals surface area contributed by atoms with E-state index < -0.39 is 10.0 Å². The van der Waals surface area contributed by atoms with Gasteiger partial charge in [-0.25, -0.2) is 8.42 Å². The predicted octanol–water partition coefficient (Wildman–Crippen LogP) is 4.76. The van der Waals surface area contributed by atoms with E-state index in [0.29, 0.717) is 28.0 Å². The van der Waals surface area contributed by atoms with Crippen molar-refractivity contribution in [2.45, 2.75) is 11.4 Å². The minimum absolute atomic E-state index is 0.0671. The third kappa shape index (κ3) is 4.63.